The standard InChI is InChI=1S/C23H21FN2O4/c1-30-17-8-2-13(3-9-17)14-10-19-22(20(27)11-14)18(12-21(28)26-19)23(29)25-16-6-4-15(24)5-7-16/h2-9,14,18H,10-12H2,1H3,(H,25,29)(H,26,28)/t14-,18-/m0/s1. The van der Waals surface area contributed by atoms with Crippen molar-refractivity contribution in [3.8, 4) is 5.75 Å². The van der Waals surface area contributed by atoms with Gasteiger partial charge in [0.05, 0.1) is 13.0 Å². The van der Waals surface area contributed by atoms with Crippen LogP contribution in [0.25, 0.3) is 0 Å². The van der Waals surface area contributed by atoms with Crippen LogP contribution in [-0.4, -0.2) is 24.7 Å². The SMILES string of the molecule is COc1ccc([C@@H]2CC(=O)C3=C(C2)NC(=O)C[C@@H]3C(=O)Nc2ccc(F)cc2)cc1. The van der Waals surface area contributed by atoms with E-state index in [0.29, 0.717) is 23.4 Å². The highest BCUT2D eigenvalue weighted by atomic mass is 19.1. The van der Waals surface area contributed by atoms with Crippen LogP contribution in [0.4, 0.5) is 10.1 Å². The fourth-order valence-electron chi connectivity index (χ4n) is 4.06. The van der Waals surface area contributed by atoms with Crippen LogP contribution in [0.1, 0.15) is 30.7 Å². The van der Waals surface area contributed by atoms with E-state index < -0.39 is 17.6 Å². The van der Waals surface area contributed by atoms with Crippen molar-refractivity contribution < 1.29 is 23.5 Å². The Kier molecular flexibility index (Phi) is 5.35. The van der Waals surface area contributed by atoms with Crippen LogP contribution in [0.3, 0.4) is 0 Å². The zero-order chi connectivity index (χ0) is 21.3. The fourth-order valence-corrected chi connectivity index (χ4v) is 4.06. The molecule has 30 heavy (non-hydrogen) atoms. The second kappa shape index (κ2) is 8.10. The third-order valence-electron chi connectivity index (χ3n) is 5.55. The molecule has 2 aromatic carbocycles. The lowest BCUT2D eigenvalue weighted by atomic mass is 9.75. The van der Waals surface area contributed by atoms with E-state index in [9.17, 15) is 18.8 Å². The number of ketones is 1. The number of nitrogens with one attached hydrogen (secondary N) is 2. The number of benzene rings is 2. The average molecular weight is 408 g/mol. The molecule has 0 fully saturated rings. The first-order chi connectivity index (χ1) is 14.4. The summed E-state index contributed by atoms with van der Waals surface area (Å²) in [4.78, 5) is 38.1. The van der Waals surface area contributed by atoms with Crippen LogP contribution in [-0.2, 0) is 14.4 Å². The van der Waals surface area contributed by atoms with Crippen LogP contribution in [0, 0.1) is 11.7 Å². The number of amides is 2. The summed E-state index contributed by atoms with van der Waals surface area (Å²) in [6.45, 7) is 0. The molecule has 1 aliphatic heterocycles. The normalized spacial score (nSPS) is 21.0. The average Bonchev–Trinajstić information content (AvgIpc) is 2.74. The maximum absolute atomic E-state index is 13.1. The van der Waals surface area contributed by atoms with Gasteiger partial charge >= 0.3 is 0 Å². The minimum absolute atomic E-state index is 0.0821. The van der Waals surface area contributed by atoms with E-state index >= 15 is 0 Å². The topological polar surface area (TPSA) is 84.5 Å². The number of carbonyl (C=O) groups is 3. The van der Waals surface area contributed by atoms with Crippen molar-refractivity contribution in [1.29, 1.82) is 0 Å². The van der Waals surface area contributed by atoms with Gasteiger partial charge in [0.15, 0.2) is 5.78 Å². The zero-order valence-corrected chi connectivity index (χ0v) is 16.4. The number of hydrogen-bond donors (Lipinski definition) is 2. The lowest BCUT2D eigenvalue weighted by molar-refractivity contribution is -0.129. The molecule has 154 valence electrons. The number of rotatable bonds is 4. The summed E-state index contributed by atoms with van der Waals surface area (Å²) < 4.78 is 18.3. The van der Waals surface area contributed by atoms with E-state index in [2.05, 4.69) is 10.6 Å². The lowest BCUT2D eigenvalue weighted by Gasteiger charge is -2.33. The largest absolute Gasteiger partial charge is 0.497 e. The van der Waals surface area contributed by atoms with Gasteiger partial charge in [-0.15, -0.1) is 0 Å². The molecule has 2 aromatic rings. The van der Waals surface area contributed by atoms with Gasteiger partial charge in [-0.25, -0.2) is 4.39 Å². The van der Waals surface area contributed by atoms with Gasteiger partial charge in [-0.2, -0.15) is 0 Å². The quantitative estimate of drug-likeness (QED) is 0.813. The van der Waals surface area contributed by atoms with Crippen molar-refractivity contribution in [1.82, 2.24) is 5.32 Å². The molecule has 6 nitrogen and oxygen atoms in total. The number of carbonyl (C=O) groups excluding carboxylic acids is 3. The fraction of sp³-hybridized carbons (Fsp3) is 0.261. The summed E-state index contributed by atoms with van der Waals surface area (Å²) in [5, 5.41) is 5.48. The Hall–Kier alpha value is -3.48. The molecule has 7 heteroatoms. The van der Waals surface area contributed by atoms with E-state index in [4.69, 9.17) is 4.74 Å². The van der Waals surface area contributed by atoms with E-state index in [1.54, 1.807) is 7.11 Å². The van der Waals surface area contributed by atoms with Crippen LogP contribution < -0.4 is 15.4 Å². The van der Waals surface area contributed by atoms with E-state index in [1.807, 2.05) is 24.3 Å². The molecule has 2 aliphatic rings. The van der Waals surface area contributed by atoms with E-state index in [-0.39, 0.29) is 30.4 Å². The van der Waals surface area contributed by atoms with E-state index in [0.717, 1.165) is 11.3 Å². The highest BCUT2D eigenvalue weighted by Crippen LogP contribution is 2.39. The van der Waals surface area contributed by atoms with Gasteiger partial charge in [0, 0.05) is 29.8 Å². The summed E-state index contributed by atoms with van der Waals surface area (Å²) >= 11 is 0. The first kappa shape index (κ1) is 19.8. The Bertz CT molecular complexity index is 1030. The van der Waals surface area contributed by atoms with Gasteiger partial charge in [-0.05, 0) is 54.3 Å². The molecule has 2 N–H and O–H groups in total. The maximum atomic E-state index is 13.1. The summed E-state index contributed by atoms with van der Waals surface area (Å²) in [6.07, 6.45) is 0.644. The third-order valence-corrected chi connectivity index (χ3v) is 5.55. The molecule has 0 spiro atoms. The molecule has 2 atom stereocenters. The Morgan fingerprint density at radius 1 is 1.03 bits per heavy atom. The number of halogens is 1. The molecule has 1 heterocycles. The zero-order valence-electron chi connectivity index (χ0n) is 16.4. The van der Waals surface area contributed by atoms with Crippen molar-refractivity contribution >= 4 is 23.3 Å². The van der Waals surface area contributed by atoms with E-state index in [1.165, 1.54) is 24.3 Å². The molecule has 1 aliphatic carbocycles. The maximum Gasteiger partial charge on any atom is 0.232 e. The van der Waals surface area contributed by atoms with Crippen LogP contribution >= 0.6 is 0 Å². The molecular weight excluding hydrogens is 387 g/mol. The van der Waals surface area contributed by atoms with Crippen LogP contribution in [0.2, 0.25) is 0 Å². The molecule has 0 saturated heterocycles. The Balaban J connectivity index is 1.58. The predicted octanol–water partition coefficient (Wildman–Crippen LogP) is 3.31. The summed E-state index contributed by atoms with van der Waals surface area (Å²) in [7, 11) is 1.59. The van der Waals surface area contributed by atoms with Crippen molar-refractivity contribution in [2.45, 2.75) is 25.2 Å². The smallest absolute Gasteiger partial charge is 0.232 e. The Morgan fingerprint density at radius 3 is 2.40 bits per heavy atom. The second-order valence-corrected chi connectivity index (χ2v) is 7.49. The molecule has 0 saturated carbocycles. The van der Waals surface area contributed by atoms with Gasteiger partial charge in [0.25, 0.3) is 0 Å². The molecule has 0 radical (unpaired) electrons. The summed E-state index contributed by atoms with van der Waals surface area (Å²) in [6, 6.07) is 12.8. The summed E-state index contributed by atoms with van der Waals surface area (Å²) in [5.41, 5.74) is 2.28. The number of methoxy groups -OCH3 is 1. The van der Waals surface area contributed by atoms with Gasteiger partial charge in [0.2, 0.25) is 11.8 Å². The van der Waals surface area contributed by atoms with Crippen molar-refractivity contribution in [3.05, 3.63) is 71.2 Å². The number of allylic oxidation sites excluding steroid dienone is 1. The van der Waals surface area contributed by atoms with Crippen molar-refractivity contribution in [2.24, 2.45) is 5.92 Å². The molecule has 0 unspecified atom stereocenters. The van der Waals surface area contributed by atoms with Gasteiger partial charge in [-0.3, -0.25) is 14.4 Å². The van der Waals surface area contributed by atoms with Crippen molar-refractivity contribution in [3.63, 3.8) is 0 Å². The highest BCUT2D eigenvalue weighted by Gasteiger charge is 2.40. The second-order valence-electron chi connectivity index (χ2n) is 7.49. The third kappa shape index (κ3) is 3.96. The first-order valence-corrected chi connectivity index (χ1v) is 9.71. The monoisotopic (exact) mass is 408 g/mol. The molecule has 4 rings (SSSR count). The minimum atomic E-state index is -0.858. The summed E-state index contributed by atoms with van der Waals surface area (Å²) in [5.74, 6) is -1.51. The number of ether oxygens (including phenoxy) is 1. The predicted molar refractivity (Wildman–Crippen MR) is 108 cm³/mol. The molecule has 0 aromatic heterocycles. The Labute approximate surface area is 173 Å². The molecule has 2 amide bonds. The number of Topliss-reactive ketones (excluding diaryl/α,β-unsaturated/α-hetero) is 1. The van der Waals surface area contributed by atoms with Crippen LogP contribution in [0.15, 0.2) is 59.8 Å². The van der Waals surface area contributed by atoms with Gasteiger partial charge in [0.1, 0.15) is 11.6 Å². The molecular formula is C23H21FN2O4. The number of anilines is 1. The highest BCUT2D eigenvalue weighted by molar-refractivity contribution is 6.09. The van der Waals surface area contributed by atoms with Gasteiger partial charge < -0.3 is 15.4 Å². The van der Waals surface area contributed by atoms with Crippen LogP contribution in [0.5, 0.6) is 5.75 Å². The first-order valence-electron chi connectivity index (χ1n) is 9.71. The van der Waals surface area contributed by atoms with Crippen molar-refractivity contribution in [2.75, 3.05) is 12.4 Å². The Morgan fingerprint density at radius 2 is 1.73 bits per heavy atom. The minimum Gasteiger partial charge on any atom is -0.497 e. The number of hydrogen-bond acceptors (Lipinski definition) is 4. The lowest BCUT2D eigenvalue weighted by Crippen LogP contribution is -2.43. The van der Waals surface area contributed by atoms with Gasteiger partial charge in [-0.1, -0.05) is 12.1 Å². The molecule has 0 bridgehead atoms.